The molecule has 0 spiro atoms. The highest BCUT2D eigenvalue weighted by molar-refractivity contribution is 5.82. The molecule has 4 atom stereocenters. The number of carbonyl (C=O) groups is 1. The zero-order chi connectivity index (χ0) is 15.0. The fraction of sp³-hybridized carbons (Fsp3) is 0.842. The van der Waals surface area contributed by atoms with Gasteiger partial charge in [0, 0.05) is 19.4 Å². The van der Waals surface area contributed by atoms with Gasteiger partial charge in [0.2, 0.25) is 0 Å². The Hall–Kier alpha value is -0.630. The van der Waals surface area contributed by atoms with Crippen molar-refractivity contribution in [1.82, 2.24) is 0 Å². The predicted molar refractivity (Wildman–Crippen MR) is 84.9 cm³/mol. The predicted octanol–water partition coefficient (Wildman–Crippen LogP) is 4.27. The Morgan fingerprint density at radius 2 is 2.00 bits per heavy atom. The van der Waals surface area contributed by atoms with Crippen LogP contribution in [0.1, 0.15) is 71.6 Å². The lowest BCUT2D eigenvalue weighted by molar-refractivity contribution is -0.119. The molecule has 0 aromatic carbocycles. The van der Waals surface area contributed by atoms with Crippen LogP contribution in [-0.4, -0.2) is 17.5 Å². The van der Waals surface area contributed by atoms with E-state index >= 15 is 0 Å². The van der Waals surface area contributed by atoms with Crippen LogP contribution in [0.15, 0.2) is 11.1 Å². The van der Waals surface area contributed by atoms with Crippen LogP contribution >= 0.6 is 0 Å². The first-order valence-corrected chi connectivity index (χ1v) is 8.98. The first-order valence-electron chi connectivity index (χ1n) is 8.98. The lowest BCUT2D eigenvalue weighted by Gasteiger charge is -2.53. The number of ketones is 1. The lowest BCUT2D eigenvalue weighted by atomic mass is 9.52. The van der Waals surface area contributed by atoms with Crippen molar-refractivity contribution in [3.05, 3.63) is 11.1 Å². The summed E-state index contributed by atoms with van der Waals surface area (Å²) in [4.78, 5) is 11.7. The van der Waals surface area contributed by atoms with Gasteiger partial charge in [0.1, 0.15) is 5.78 Å². The number of hydrogen-bond donors (Lipinski definition) is 1. The number of allylic oxidation sites excluding steroid dienone is 2. The Balaban J connectivity index is 1.89. The van der Waals surface area contributed by atoms with Gasteiger partial charge >= 0.3 is 0 Å². The normalized spacial score (nSPS) is 40.0. The second-order valence-corrected chi connectivity index (χ2v) is 7.58. The third kappa shape index (κ3) is 2.40. The van der Waals surface area contributed by atoms with Crippen molar-refractivity contribution in [2.75, 3.05) is 6.61 Å². The maximum absolute atomic E-state index is 11.7. The SMILES string of the molecule is CCC1[C@@H]2CCC3=C(CCC(=O)C3)[C@H]2CCC1(CC)CO. The minimum atomic E-state index is 0.165. The lowest BCUT2D eigenvalue weighted by Crippen LogP contribution is -2.47. The van der Waals surface area contributed by atoms with E-state index in [0.717, 1.165) is 43.9 Å². The number of Topliss-reactive ketones (excluding diaryl/α,β-unsaturated/α-hetero) is 1. The van der Waals surface area contributed by atoms with Crippen LogP contribution in [0.2, 0.25) is 0 Å². The molecule has 1 saturated carbocycles. The molecular weight excluding hydrogens is 260 g/mol. The van der Waals surface area contributed by atoms with E-state index in [2.05, 4.69) is 13.8 Å². The van der Waals surface area contributed by atoms with E-state index in [9.17, 15) is 9.90 Å². The molecule has 0 bridgehead atoms. The van der Waals surface area contributed by atoms with E-state index in [1.165, 1.54) is 31.3 Å². The molecule has 3 aliphatic rings. The molecule has 0 aromatic rings. The molecule has 2 heteroatoms. The van der Waals surface area contributed by atoms with Crippen LogP contribution in [0.4, 0.5) is 0 Å². The second-order valence-electron chi connectivity index (χ2n) is 7.58. The second kappa shape index (κ2) is 5.87. The Morgan fingerprint density at radius 3 is 2.67 bits per heavy atom. The zero-order valence-electron chi connectivity index (χ0n) is 13.7. The van der Waals surface area contributed by atoms with Gasteiger partial charge in [0.05, 0.1) is 0 Å². The molecule has 2 unspecified atom stereocenters. The Bertz CT molecular complexity index is 444. The highest BCUT2D eigenvalue weighted by Gasteiger charge is 2.49. The summed E-state index contributed by atoms with van der Waals surface area (Å²) < 4.78 is 0. The number of fused-ring (bicyclic) bond motifs is 2. The summed E-state index contributed by atoms with van der Waals surface area (Å²) in [5.41, 5.74) is 3.32. The molecule has 0 radical (unpaired) electrons. The fourth-order valence-electron chi connectivity index (χ4n) is 5.82. The highest BCUT2D eigenvalue weighted by Crippen LogP contribution is 2.57. The molecule has 0 amide bonds. The molecule has 0 heterocycles. The van der Waals surface area contributed by atoms with Gasteiger partial charge in [0.25, 0.3) is 0 Å². The van der Waals surface area contributed by atoms with E-state index < -0.39 is 0 Å². The molecule has 118 valence electrons. The standard InChI is InChI=1S/C19H30O2/c1-3-18-17-7-5-13-11-14(21)6-8-15(13)16(17)9-10-19(18,4-2)12-20/h16-18,20H,3-12H2,1-2H3/t16-,17-,18?,19?/m1/s1. The third-order valence-corrected chi connectivity index (χ3v) is 7.00. The molecule has 0 aliphatic heterocycles. The average molecular weight is 290 g/mol. The van der Waals surface area contributed by atoms with E-state index in [1.54, 1.807) is 5.57 Å². The van der Waals surface area contributed by atoms with Gasteiger partial charge in [-0.05, 0) is 61.7 Å². The maximum atomic E-state index is 11.7. The van der Waals surface area contributed by atoms with Crippen LogP contribution in [-0.2, 0) is 4.79 Å². The third-order valence-electron chi connectivity index (χ3n) is 7.00. The van der Waals surface area contributed by atoms with Crippen molar-refractivity contribution >= 4 is 5.78 Å². The number of hydrogen-bond acceptors (Lipinski definition) is 2. The maximum Gasteiger partial charge on any atom is 0.137 e. The summed E-state index contributed by atoms with van der Waals surface area (Å²) in [5, 5.41) is 10.0. The molecule has 0 aromatic heterocycles. The van der Waals surface area contributed by atoms with Crippen LogP contribution < -0.4 is 0 Å². The Morgan fingerprint density at radius 1 is 1.19 bits per heavy atom. The average Bonchev–Trinajstić information content (AvgIpc) is 2.52. The molecule has 1 fully saturated rings. The van der Waals surface area contributed by atoms with Gasteiger partial charge < -0.3 is 5.11 Å². The van der Waals surface area contributed by atoms with Crippen LogP contribution in [0.5, 0.6) is 0 Å². The number of aliphatic hydroxyl groups is 1. The van der Waals surface area contributed by atoms with E-state index in [-0.39, 0.29) is 5.41 Å². The van der Waals surface area contributed by atoms with Gasteiger partial charge in [-0.25, -0.2) is 0 Å². The van der Waals surface area contributed by atoms with E-state index in [1.807, 2.05) is 0 Å². The summed E-state index contributed by atoms with van der Waals surface area (Å²) in [7, 11) is 0. The van der Waals surface area contributed by atoms with E-state index in [4.69, 9.17) is 0 Å². The van der Waals surface area contributed by atoms with Crippen molar-refractivity contribution in [3.8, 4) is 0 Å². The first kappa shape index (κ1) is 15.3. The smallest absolute Gasteiger partial charge is 0.137 e. The Labute approximate surface area is 129 Å². The monoisotopic (exact) mass is 290 g/mol. The Kier molecular flexibility index (Phi) is 4.27. The van der Waals surface area contributed by atoms with Crippen molar-refractivity contribution in [2.45, 2.75) is 71.6 Å². The van der Waals surface area contributed by atoms with Gasteiger partial charge in [-0.3, -0.25) is 4.79 Å². The van der Waals surface area contributed by atoms with Gasteiger partial charge in [0.15, 0.2) is 0 Å². The minimum absolute atomic E-state index is 0.165. The van der Waals surface area contributed by atoms with Crippen molar-refractivity contribution < 1.29 is 9.90 Å². The number of carbonyl (C=O) groups excluding carboxylic acids is 1. The summed E-state index contributed by atoms with van der Waals surface area (Å²) in [6.45, 7) is 4.92. The van der Waals surface area contributed by atoms with Crippen molar-refractivity contribution in [3.63, 3.8) is 0 Å². The summed E-state index contributed by atoms with van der Waals surface area (Å²) >= 11 is 0. The topological polar surface area (TPSA) is 37.3 Å². The van der Waals surface area contributed by atoms with E-state index in [0.29, 0.717) is 18.3 Å². The molecule has 21 heavy (non-hydrogen) atoms. The fourth-order valence-corrected chi connectivity index (χ4v) is 5.82. The van der Waals surface area contributed by atoms with Crippen LogP contribution in [0.3, 0.4) is 0 Å². The number of aliphatic hydroxyl groups excluding tert-OH is 1. The molecule has 1 N–H and O–H groups in total. The minimum Gasteiger partial charge on any atom is -0.396 e. The van der Waals surface area contributed by atoms with Crippen LogP contribution in [0.25, 0.3) is 0 Å². The quantitative estimate of drug-likeness (QED) is 0.788. The molecule has 3 aliphatic carbocycles. The van der Waals surface area contributed by atoms with Gasteiger partial charge in [-0.2, -0.15) is 0 Å². The largest absolute Gasteiger partial charge is 0.396 e. The highest BCUT2D eigenvalue weighted by atomic mass is 16.3. The summed E-state index contributed by atoms with van der Waals surface area (Å²) in [6.07, 6.45) is 9.65. The zero-order valence-corrected chi connectivity index (χ0v) is 13.7. The molecule has 2 nitrogen and oxygen atoms in total. The summed E-state index contributed by atoms with van der Waals surface area (Å²) in [6, 6.07) is 0. The molecular formula is C19H30O2. The molecule has 0 saturated heterocycles. The van der Waals surface area contributed by atoms with Crippen LogP contribution in [0, 0.1) is 23.2 Å². The molecule has 3 rings (SSSR count). The van der Waals surface area contributed by atoms with Gasteiger partial charge in [-0.1, -0.05) is 31.4 Å². The van der Waals surface area contributed by atoms with Gasteiger partial charge in [-0.15, -0.1) is 0 Å². The van der Waals surface area contributed by atoms with Crippen molar-refractivity contribution in [1.29, 1.82) is 0 Å². The number of rotatable bonds is 3. The van der Waals surface area contributed by atoms with Crippen molar-refractivity contribution in [2.24, 2.45) is 23.2 Å². The summed E-state index contributed by atoms with van der Waals surface area (Å²) in [5.74, 6) is 2.59. The first-order chi connectivity index (χ1) is 10.1.